The minimum Gasteiger partial charge on any atom is -0.464 e. The molecule has 32 heavy (non-hydrogen) atoms. The summed E-state index contributed by atoms with van der Waals surface area (Å²) in [6.07, 6.45) is 2.42. The number of hydrogen-bond acceptors (Lipinski definition) is 7. The summed E-state index contributed by atoms with van der Waals surface area (Å²) in [7, 11) is -7.45. The van der Waals surface area contributed by atoms with Crippen molar-refractivity contribution in [2.45, 2.75) is 72.3 Å². The minimum atomic E-state index is -3.85. The maximum atomic E-state index is 14.5. The first kappa shape index (κ1) is 26.8. The van der Waals surface area contributed by atoms with E-state index in [0.29, 0.717) is 24.5 Å². The molecule has 0 radical (unpaired) electrons. The Bertz CT molecular complexity index is 971. The van der Waals surface area contributed by atoms with E-state index >= 15 is 0 Å². The van der Waals surface area contributed by atoms with E-state index in [2.05, 4.69) is 5.32 Å². The number of nitrogens with one attached hydrogen (secondary N) is 1. The molecule has 10 heteroatoms. The lowest BCUT2D eigenvalue weighted by atomic mass is 9.95. The van der Waals surface area contributed by atoms with Gasteiger partial charge in [0, 0.05) is 17.0 Å². The normalized spacial score (nSPS) is 19.8. The molecule has 1 fully saturated rings. The molecule has 0 aromatic heterocycles. The van der Waals surface area contributed by atoms with Crippen LogP contribution in [0.15, 0.2) is 18.2 Å². The number of ether oxygens (including phenoxy) is 2. The van der Waals surface area contributed by atoms with Crippen LogP contribution < -0.4 is 15.4 Å². The topological polar surface area (TPSA) is 108 Å². The molecule has 1 aliphatic rings. The summed E-state index contributed by atoms with van der Waals surface area (Å²) in [4.78, 5) is 12.8. The van der Waals surface area contributed by atoms with E-state index < -0.39 is 40.5 Å². The molecule has 1 aromatic rings. The van der Waals surface area contributed by atoms with Crippen LogP contribution in [0.1, 0.15) is 60.8 Å². The Morgan fingerprint density at radius 3 is 2.34 bits per heavy atom. The molecule has 1 aliphatic heterocycles. The maximum absolute atomic E-state index is 14.5. The molecule has 182 valence electrons. The lowest BCUT2D eigenvalue weighted by Gasteiger charge is -2.35. The highest BCUT2D eigenvalue weighted by atomic mass is 32.2. The molecule has 1 heterocycles. The Balaban J connectivity index is 2.66. The van der Waals surface area contributed by atoms with Gasteiger partial charge in [-0.2, -0.15) is 8.42 Å². The van der Waals surface area contributed by atoms with Gasteiger partial charge in [0.15, 0.2) is 13.4 Å². The van der Waals surface area contributed by atoms with Crippen LogP contribution in [0.25, 0.3) is 0 Å². The van der Waals surface area contributed by atoms with Gasteiger partial charge in [-0.25, -0.2) is 0 Å². The van der Waals surface area contributed by atoms with Gasteiger partial charge in [0.05, 0.1) is 23.9 Å². The number of carbonyl (C=O) groups is 1. The van der Waals surface area contributed by atoms with E-state index in [1.54, 1.807) is 59.7 Å². The number of carbonyl (C=O) groups excluding carboxylic acids is 1. The Labute approximate surface area is 191 Å². The summed E-state index contributed by atoms with van der Waals surface area (Å²) in [5.74, 6) is 0.0216. The second-order valence-corrected chi connectivity index (χ2v) is 15.3. The summed E-state index contributed by atoms with van der Waals surface area (Å²) in [5, 5.41) is 2.24. The van der Waals surface area contributed by atoms with Crippen molar-refractivity contribution >= 4 is 34.2 Å². The summed E-state index contributed by atoms with van der Waals surface area (Å²) < 4.78 is 54.9. The fourth-order valence-electron chi connectivity index (χ4n) is 3.11. The van der Waals surface area contributed by atoms with E-state index in [1.807, 2.05) is 0 Å². The zero-order valence-corrected chi connectivity index (χ0v) is 21.8. The standard InChI is InChI=1S/C22H36NO7PS/c1-21(2,3)20(24)23-16-11-10-12-17(30-18-13-8-9-14-28-18)19(16)31(25,22(4,5)6)15-29-32(7,26)27/h10-12,18H,8-9,13-15H2,1-7H3,(H,23,24). The molecule has 0 spiro atoms. The number of rotatable bonds is 7. The Morgan fingerprint density at radius 1 is 1.19 bits per heavy atom. The average Bonchev–Trinajstić information content (AvgIpc) is 2.65. The van der Waals surface area contributed by atoms with Gasteiger partial charge in [-0.3, -0.25) is 8.98 Å². The van der Waals surface area contributed by atoms with Crippen LogP contribution in [0.5, 0.6) is 5.75 Å². The Hall–Kier alpha value is -1.41. The smallest absolute Gasteiger partial charge is 0.264 e. The number of hydrogen-bond donors (Lipinski definition) is 1. The average molecular weight is 490 g/mol. The van der Waals surface area contributed by atoms with Gasteiger partial charge in [0.25, 0.3) is 10.1 Å². The van der Waals surface area contributed by atoms with Crippen molar-refractivity contribution in [1.29, 1.82) is 0 Å². The quantitative estimate of drug-likeness (QED) is 0.449. The van der Waals surface area contributed by atoms with Crippen molar-refractivity contribution in [3.05, 3.63) is 18.2 Å². The lowest BCUT2D eigenvalue weighted by Crippen LogP contribution is -2.35. The maximum Gasteiger partial charge on any atom is 0.264 e. The summed E-state index contributed by atoms with van der Waals surface area (Å²) in [6, 6.07) is 5.01. The van der Waals surface area contributed by atoms with Crippen LogP contribution in [0, 0.1) is 5.41 Å². The molecule has 1 amide bonds. The van der Waals surface area contributed by atoms with Crippen molar-refractivity contribution in [1.82, 2.24) is 0 Å². The molecular weight excluding hydrogens is 453 g/mol. The first-order chi connectivity index (χ1) is 14.5. The molecule has 8 nitrogen and oxygen atoms in total. The first-order valence-electron chi connectivity index (χ1n) is 10.7. The highest BCUT2D eigenvalue weighted by molar-refractivity contribution is 7.86. The monoisotopic (exact) mass is 489 g/mol. The van der Waals surface area contributed by atoms with Crippen LogP contribution in [0.3, 0.4) is 0 Å². The van der Waals surface area contributed by atoms with E-state index in [-0.39, 0.29) is 11.2 Å². The summed E-state index contributed by atoms with van der Waals surface area (Å²) in [5.41, 5.74) is -0.385. The first-order valence-corrected chi connectivity index (χ1v) is 14.4. The van der Waals surface area contributed by atoms with Crippen LogP contribution in [-0.2, 0) is 28.4 Å². The Morgan fingerprint density at radius 2 is 1.84 bits per heavy atom. The van der Waals surface area contributed by atoms with E-state index in [0.717, 1.165) is 19.1 Å². The van der Waals surface area contributed by atoms with Gasteiger partial charge in [-0.15, -0.1) is 0 Å². The predicted molar refractivity (Wildman–Crippen MR) is 127 cm³/mol. The van der Waals surface area contributed by atoms with Crippen LogP contribution in [-0.4, -0.2) is 45.0 Å². The SMILES string of the molecule is CC(C)(C)C(=O)Nc1cccc(OC2CCCCO2)c1P(=O)(COS(C)(=O)=O)C(C)(C)C. The molecule has 0 bridgehead atoms. The van der Waals surface area contributed by atoms with Crippen molar-refractivity contribution in [3.63, 3.8) is 0 Å². The molecule has 1 aromatic carbocycles. The van der Waals surface area contributed by atoms with E-state index in [1.165, 1.54) is 0 Å². The Kier molecular flexibility index (Phi) is 8.25. The molecule has 2 rings (SSSR count). The predicted octanol–water partition coefficient (Wildman–Crippen LogP) is 4.30. The third kappa shape index (κ3) is 6.80. The second kappa shape index (κ2) is 9.84. The minimum absolute atomic E-state index is 0.253. The molecule has 2 atom stereocenters. The van der Waals surface area contributed by atoms with Gasteiger partial charge in [-0.1, -0.05) is 47.6 Å². The fraction of sp³-hybridized carbons (Fsp3) is 0.682. The van der Waals surface area contributed by atoms with Gasteiger partial charge < -0.3 is 19.4 Å². The van der Waals surface area contributed by atoms with Gasteiger partial charge in [-0.05, 0) is 25.0 Å². The highest BCUT2D eigenvalue weighted by Gasteiger charge is 2.44. The molecule has 1 N–H and O–H groups in total. The molecule has 0 saturated carbocycles. The zero-order valence-electron chi connectivity index (χ0n) is 20.1. The summed E-state index contributed by atoms with van der Waals surface area (Å²) in [6.45, 7) is 11.1. The molecule has 1 saturated heterocycles. The number of anilines is 1. The van der Waals surface area contributed by atoms with Gasteiger partial charge in [0.2, 0.25) is 5.91 Å². The van der Waals surface area contributed by atoms with E-state index in [9.17, 15) is 17.8 Å². The van der Waals surface area contributed by atoms with Crippen molar-refractivity contribution < 1.29 is 31.4 Å². The number of amides is 1. The third-order valence-electron chi connectivity index (χ3n) is 5.22. The highest BCUT2D eigenvalue weighted by Crippen LogP contribution is 2.60. The van der Waals surface area contributed by atoms with Crippen molar-refractivity contribution in [2.75, 3.05) is 24.5 Å². The van der Waals surface area contributed by atoms with Crippen LogP contribution in [0.2, 0.25) is 0 Å². The number of benzene rings is 1. The fourth-order valence-corrected chi connectivity index (χ4v) is 6.66. The molecular formula is C22H36NO7PS. The van der Waals surface area contributed by atoms with Crippen LogP contribution in [0.4, 0.5) is 5.69 Å². The van der Waals surface area contributed by atoms with Crippen molar-refractivity contribution in [2.24, 2.45) is 5.41 Å². The molecule has 2 unspecified atom stereocenters. The van der Waals surface area contributed by atoms with Crippen molar-refractivity contribution in [3.8, 4) is 5.75 Å². The largest absolute Gasteiger partial charge is 0.464 e. The van der Waals surface area contributed by atoms with E-state index in [4.69, 9.17) is 13.7 Å². The van der Waals surface area contributed by atoms with Gasteiger partial charge >= 0.3 is 0 Å². The second-order valence-electron chi connectivity index (χ2n) is 10.1. The van der Waals surface area contributed by atoms with Crippen LogP contribution >= 0.6 is 7.14 Å². The third-order valence-corrected chi connectivity index (χ3v) is 9.78. The lowest BCUT2D eigenvalue weighted by molar-refractivity contribution is -0.123. The van der Waals surface area contributed by atoms with Gasteiger partial charge in [0.1, 0.15) is 12.1 Å². The molecule has 0 aliphatic carbocycles. The summed E-state index contributed by atoms with van der Waals surface area (Å²) >= 11 is 0. The zero-order chi connectivity index (χ0) is 24.4.